The summed E-state index contributed by atoms with van der Waals surface area (Å²) in [7, 11) is 3.25. The van der Waals surface area contributed by atoms with Crippen LogP contribution in [0.1, 0.15) is 51.7 Å². The Balaban J connectivity index is -0.000000237. The minimum Gasteiger partial charge on any atom is -0.388 e. The summed E-state index contributed by atoms with van der Waals surface area (Å²) in [5, 5.41) is 0. The Morgan fingerprint density at radius 1 is 0.565 bits per heavy atom. The van der Waals surface area contributed by atoms with Crippen LogP contribution in [0.5, 0.6) is 0 Å². The normalized spacial score (nSPS) is 7.65. The maximum Gasteiger partial charge on any atom is 0.0351 e. The highest BCUT2D eigenvalue weighted by atomic mass is 16.4. The van der Waals surface area contributed by atoms with Crippen molar-refractivity contribution in [1.29, 1.82) is 0 Å². The first kappa shape index (κ1) is 26.3. The molecule has 132 valence electrons. The van der Waals surface area contributed by atoms with E-state index in [-0.39, 0.29) is 0 Å². The maximum atomic E-state index is 4.25. The molecule has 2 aromatic carbocycles. The molecule has 0 aromatic heterocycles. The van der Waals surface area contributed by atoms with E-state index in [1.165, 1.54) is 24.0 Å². The lowest BCUT2D eigenvalue weighted by atomic mass is 10.1. The number of rotatable bonds is 0. The molecule has 0 fully saturated rings. The molecule has 0 aliphatic rings. The molecular weight excluding hydrogens is 280 g/mol. The van der Waals surface area contributed by atoms with E-state index >= 15 is 0 Å². The number of aryl methyl sites for hydroxylation is 2. The molecule has 0 aliphatic carbocycles. The highest BCUT2D eigenvalue weighted by Crippen LogP contribution is 2.02. The second kappa shape index (κ2) is 25.4. The molecule has 0 spiro atoms. The van der Waals surface area contributed by atoms with E-state index in [0.717, 1.165) is 0 Å². The first-order valence-electron chi connectivity index (χ1n) is 8.47. The lowest BCUT2D eigenvalue weighted by Gasteiger charge is -1.93. The van der Waals surface area contributed by atoms with Gasteiger partial charge >= 0.3 is 0 Å². The zero-order chi connectivity index (χ0) is 18.3. The summed E-state index contributed by atoms with van der Waals surface area (Å²) < 4.78 is 4.25. The van der Waals surface area contributed by atoms with Crippen LogP contribution in [0, 0.1) is 13.8 Å². The largest absolute Gasteiger partial charge is 0.388 e. The summed E-state index contributed by atoms with van der Waals surface area (Å²) in [6.45, 7) is 12.7. The standard InChI is InChI=1S/C8H10.C6H6.2C3H8.C2H6O/c1-7-5-3-4-6-8(7)2;1-2-4-6-5-3-1;3*1-3-2/h3-6H,1-2H3;1-6H;2*3H2,1-2H3;1-2H3. The summed E-state index contributed by atoms with van der Waals surface area (Å²) in [4.78, 5) is 0. The molecule has 0 atom stereocenters. The van der Waals surface area contributed by atoms with E-state index in [2.05, 4.69) is 70.5 Å². The molecule has 1 heteroatoms. The van der Waals surface area contributed by atoms with Crippen LogP contribution in [0.15, 0.2) is 60.7 Å². The summed E-state index contributed by atoms with van der Waals surface area (Å²) >= 11 is 0. The SMILES string of the molecule is CCC.CCC.COC.Cc1ccccc1C.c1ccccc1. The molecule has 0 heterocycles. The first-order valence-corrected chi connectivity index (χ1v) is 8.47. The fraction of sp³-hybridized carbons (Fsp3) is 0.455. The molecule has 0 radical (unpaired) electrons. The van der Waals surface area contributed by atoms with Crippen LogP contribution < -0.4 is 0 Å². The van der Waals surface area contributed by atoms with Gasteiger partial charge < -0.3 is 4.74 Å². The van der Waals surface area contributed by atoms with Crippen LogP contribution >= 0.6 is 0 Å². The van der Waals surface area contributed by atoms with Gasteiger partial charge in [0.25, 0.3) is 0 Å². The van der Waals surface area contributed by atoms with Crippen LogP contribution in [0.2, 0.25) is 0 Å². The number of hydrogen-bond donors (Lipinski definition) is 0. The Bertz CT molecular complexity index is 343. The summed E-state index contributed by atoms with van der Waals surface area (Å²) in [6, 6.07) is 20.4. The number of ether oxygens (including phenoxy) is 1. The number of methoxy groups -OCH3 is 1. The molecule has 0 N–H and O–H groups in total. The van der Waals surface area contributed by atoms with Crippen molar-refractivity contribution in [2.24, 2.45) is 0 Å². The third-order valence-corrected chi connectivity index (χ3v) is 2.09. The second-order valence-electron chi connectivity index (χ2n) is 5.06. The Kier molecular flexibility index (Phi) is 29.0. The van der Waals surface area contributed by atoms with Crippen molar-refractivity contribution in [3.05, 3.63) is 71.8 Å². The highest BCUT2D eigenvalue weighted by Gasteiger charge is 1.83. The van der Waals surface area contributed by atoms with Gasteiger partial charge in [-0.1, -0.05) is 101 Å². The van der Waals surface area contributed by atoms with Gasteiger partial charge in [0, 0.05) is 14.2 Å². The summed E-state index contributed by atoms with van der Waals surface area (Å²) in [6.07, 6.45) is 2.50. The van der Waals surface area contributed by atoms with Crippen LogP contribution in [0.4, 0.5) is 0 Å². The molecule has 1 nitrogen and oxygen atoms in total. The smallest absolute Gasteiger partial charge is 0.0351 e. The topological polar surface area (TPSA) is 9.23 Å². The molecule has 0 unspecified atom stereocenters. The Morgan fingerprint density at radius 3 is 0.870 bits per heavy atom. The maximum absolute atomic E-state index is 4.25. The van der Waals surface area contributed by atoms with Gasteiger partial charge in [0.2, 0.25) is 0 Å². The summed E-state index contributed by atoms with van der Waals surface area (Å²) in [5.41, 5.74) is 2.74. The van der Waals surface area contributed by atoms with Gasteiger partial charge in [-0.25, -0.2) is 0 Å². The Hall–Kier alpha value is -1.60. The Morgan fingerprint density at radius 2 is 0.739 bits per heavy atom. The molecule has 0 saturated heterocycles. The van der Waals surface area contributed by atoms with Crippen molar-refractivity contribution < 1.29 is 4.74 Å². The Labute approximate surface area is 145 Å². The molecule has 0 saturated carbocycles. The van der Waals surface area contributed by atoms with Gasteiger partial charge in [-0.05, 0) is 25.0 Å². The molecule has 0 amide bonds. The quantitative estimate of drug-likeness (QED) is 0.504. The van der Waals surface area contributed by atoms with Crippen LogP contribution in [0.3, 0.4) is 0 Å². The highest BCUT2D eigenvalue weighted by molar-refractivity contribution is 5.23. The third-order valence-electron chi connectivity index (χ3n) is 2.09. The van der Waals surface area contributed by atoms with E-state index in [4.69, 9.17) is 0 Å². The van der Waals surface area contributed by atoms with Crippen molar-refractivity contribution in [3.63, 3.8) is 0 Å². The molecule has 0 aliphatic heterocycles. The van der Waals surface area contributed by atoms with Gasteiger partial charge in [0.1, 0.15) is 0 Å². The van der Waals surface area contributed by atoms with E-state index in [1.54, 1.807) is 14.2 Å². The van der Waals surface area contributed by atoms with E-state index in [1.807, 2.05) is 36.4 Å². The van der Waals surface area contributed by atoms with Gasteiger partial charge in [0.05, 0.1) is 0 Å². The van der Waals surface area contributed by atoms with Gasteiger partial charge in [-0.2, -0.15) is 0 Å². The van der Waals surface area contributed by atoms with Crippen LogP contribution in [-0.4, -0.2) is 14.2 Å². The average molecular weight is 319 g/mol. The molecule has 0 bridgehead atoms. The fourth-order valence-corrected chi connectivity index (χ4v) is 1.05. The van der Waals surface area contributed by atoms with E-state index in [0.29, 0.717) is 0 Å². The van der Waals surface area contributed by atoms with Gasteiger partial charge in [-0.3, -0.25) is 0 Å². The minimum atomic E-state index is 1.25. The monoisotopic (exact) mass is 318 g/mol. The van der Waals surface area contributed by atoms with Crippen molar-refractivity contribution >= 4 is 0 Å². The average Bonchev–Trinajstić information content (AvgIpc) is 2.55. The predicted molar refractivity (Wildman–Crippen MR) is 107 cm³/mol. The lowest BCUT2D eigenvalue weighted by molar-refractivity contribution is 0.277. The van der Waals surface area contributed by atoms with Crippen molar-refractivity contribution in [2.45, 2.75) is 54.4 Å². The molecule has 2 rings (SSSR count). The van der Waals surface area contributed by atoms with Crippen LogP contribution in [0.25, 0.3) is 0 Å². The number of benzene rings is 2. The zero-order valence-corrected chi connectivity index (χ0v) is 16.6. The molecule has 2 aromatic rings. The van der Waals surface area contributed by atoms with E-state index in [9.17, 15) is 0 Å². The lowest BCUT2D eigenvalue weighted by Crippen LogP contribution is -1.74. The zero-order valence-electron chi connectivity index (χ0n) is 16.6. The van der Waals surface area contributed by atoms with Gasteiger partial charge in [0.15, 0.2) is 0 Å². The second-order valence-corrected chi connectivity index (χ2v) is 5.06. The molecular formula is C22H38O. The van der Waals surface area contributed by atoms with Crippen molar-refractivity contribution in [1.82, 2.24) is 0 Å². The fourth-order valence-electron chi connectivity index (χ4n) is 1.05. The summed E-state index contributed by atoms with van der Waals surface area (Å²) in [5.74, 6) is 0. The van der Waals surface area contributed by atoms with Crippen molar-refractivity contribution in [3.8, 4) is 0 Å². The third kappa shape index (κ3) is 29.1. The number of hydrogen-bond acceptors (Lipinski definition) is 1. The predicted octanol–water partition coefficient (Wildman–Crippen LogP) is 7.09. The minimum absolute atomic E-state index is 1.25. The first-order chi connectivity index (χ1) is 11.0. The van der Waals surface area contributed by atoms with Gasteiger partial charge in [-0.15, -0.1) is 0 Å². The van der Waals surface area contributed by atoms with Crippen molar-refractivity contribution in [2.75, 3.05) is 14.2 Å². The van der Waals surface area contributed by atoms with E-state index < -0.39 is 0 Å². The van der Waals surface area contributed by atoms with Crippen LogP contribution in [-0.2, 0) is 4.74 Å². The molecule has 23 heavy (non-hydrogen) atoms.